The summed E-state index contributed by atoms with van der Waals surface area (Å²) in [5, 5.41) is 3.93. The monoisotopic (exact) mass is 445 g/mol. The number of carbonyl (C=O) groups is 1. The van der Waals surface area contributed by atoms with Crippen molar-refractivity contribution in [3.8, 4) is 0 Å². The van der Waals surface area contributed by atoms with E-state index >= 15 is 0 Å². The zero-order valence-electron chi connectivity index (χ0n) is 16.9. The van der Waals surface area contributed by atoms with E-state index in [-0.39, 0.29) is 11.5 Å². The minimum absolute atomic E-state index is 0.147. The van der Waals surface area contributed by atoms with E-state index in [2.05, 4.69) is 10.3 Å². The van der Waals surface area contributed by atoms with Crippen LogP contribution in [0.15, 0.2) is 58.5 Å². The van der Waals surface area contributed by atoms with Crippen molar-refractivity contribution in [2.75, 3.05) is 18.5 Å². The largest absolute Gasteiger partial charge is 0.382 e. The molecule has 0 saturated heterocycles. The van der Waals surface area contributed by atoms with Gasteiger partial charge in [-0.1, -0.05) is 41.6 Å². The molecule has 6 nitrogen and oxygen atoms in total. The predicted octanol–water partition coefficient (Wildman–Crippen LogP) is 4.60. The van der Waals surface area contributed by atoms with Crippen LogP contribution in [0, 0.1) is 0 Å². The number of benzene rings is 2. The highest BCUT2D eigenvalue weighted by Crippen LogP contribution is 2.25. The lowest BCUT2D eigenvalue weighted by Gasteiger charge is -2.16. The van der Waals surface area contributed by atoms with Crippen molar-refractivity contribution < 1.29 is 9.53 Å². The average molecular weight is 446 g/mol. The molecule has 3 aromatic rings. The van der Waals surface area contributed by atoms with Crippen LogP contribution < -0.4 is 10.9 Å². The van der Waals surface area contributed by atoms with Gasteiger partial charge in [0.1, 0.15) is 0 Å². The second-order valence-corrected chi connectivity index (χ2v) is 8.42. The normalized spacial score (nSPS) is 12.1. The molecule has 0 aliphatic carbocycles. The van der Waals surface area contributed by atoms with Crippen molar-refractivity contribution in [3.05, 3.63) is 63.9 Å². The van der Waals surface area contributed by atoms with Crippen LogP contribution in [0.5, 0.6) is 0 Å². The van der Waals surface area contributed by atoms with E-state index < -0.39 is 5.25 Å². The summed E-state index contributed by atoms with van der Waals surface area (Å²) in [5.74, 6) is -0.160. The molecule has 1 aromatic heterocycles. The van der Waals surface area contributed by atoms with E-state index in [0.29, 0.717) is 47.3 Å². The number of amides is 1. The first kappa shape index (κ1) is 22.3. The number of nitrogens with one attached hydrogen (secondary N) is 1. The number of ether oxygens (including phenoxy) is 1. The van der Waals surface area contributed by atoms with E-state index in [1.54, 1.807) is 29.7 Å². The Bertz CT molecular complexity index is 1070. The van der Waals surface area contributed by atoms with Gasteiger partial charge >= 0.3 is 0 Å². The highest BCUT2D eigenvalue weighted by atomic mass is 35.5. The van der Waals surface area contributed by atoms with Gasteiger partial charge in [-0.3, -0.25) is 14.2 Å². The van der Waals surface area contributed by atoms with Crippen LogP contribution in [0.3, 0.4) is 0 Å². The molecule has 3 rings (SSSR count). The summed E-state index contributed by atoms with van der Waals surface area (Å²) in [6.45, 7) is 5.36. The van der Waals surface area contributed by atoms with Crippen LogP contribution in [0.1, 0.15) is 20.3 Å². The Labute approximate surface area is 184 Å². The number of thioether (sulfide) groups is 1. The molecule has 1 amide bonds. The fraction of sp³-hybridized carbons (Fsp3) is 0.318. The molecule has 158 valence electrons. The summed E-state index contributed by atoms with van der Waals surface area (Å²) >= 11 is 7.34. The number of hydrogen-bond donors (Lipinski definition) is 1. The minimum atomic E-state index is -0.452. The summed E-state index contributed by atoms with van der Waals surface area (Å²) in [7, 11) is 0. The van der Waals surface area contributed by atoms with Crippen molar-refractivity contribution in [2.45, 2.75) is 37.2 Å². The first-order valence-corrected chi connectivity index (χ1v) is 11.1. The van der Waals surface area contributed by atoms with Gasteiger partial charge in [-0.2, -0.15) is 0 Å². The van der Waals surface area contributed by atoms with Gasteiger partial charge in [0.25, 0.3) is 5.56 Å². The molecule has 8 heteroatoms. The number of aromatic nitrogens is 2. The van der Waals surface area contributed by atoms with E-state index in [1.807, 2.05) is 37.3 Å². The molecular weight excluding hydrogens is 422 g/mol. The molecule has 0 radical (unpaired) electrons. The Morgan fingerprint density at radius 1 is 1.27 bits per heavy atom. The van der Waals surface area contributed by atoms with Gasteiger partial charge in [-0.25, -0.2) is 4.98 Å². The molecule has 2 aromatic carbocycles. The molecule has 0 saturated carbocycles. The number of fused-ring (bicyclic) bond motifs is 1. The van der Waals surface area contributed by atoms with Crippen LogP contribution in [-0.4, -0.2) is 33.9 Å². The van der Waals surface area contributed by atoms with E-state index in [4.69, 9.17) is 16.3 Å². The van der Waals surface area contributed by atoms with Crippen LogP contribution in [-0.2, 0) is 16.1 Å². The van der Waals surface area contributed by atoms with E-state index in [9.17, 15) is 9.59 Å². The molecular formula is C22H24ClN3O3S. The predicted molar refractivity (Wildman–Crippen MR) is 123 cm³/mol. The Kier molecular flexibility index (Phi) is 7.90. The van der Waals surface area contributed by atoms with Gasteiger partial charge in [0.05, 0.1) is 16.2 Å². The number of anilines is 1. The van der Waals surface area contributed by atoms with Gasteiger partial charge in [0, 0.05) is 30.5 Å². The molecule has 0 aliphatic heterocycles. The molecule has 0 bridgehead atoms. The fourth-order valence-electron chi connectivity index (χ4n) is 2.91. The number of halogens is 1. The highest BCUT2D eigenvalue weighted by molar-refractivity contribution is 8.00. The lowest BCUT2D eigenvalue weighted by molar-refractivity contribution is -0.115. The Balaban J connectivity index is 1.87. The average Bonchev–Trinajstić information content (AvgIpc) is 2.73. The maximum absolute atomic E-state index is 13.1. The number of para-hydroxylation sites is 1. The number of nitrogens with zero attached hydrogens (tertiary/aromatic N) is 2. The third-order valence-electron chi connectivity index (χ3n) is 4.45. The summed E-state index contributed by atoms with van der Waals surface area (Å²) in [5.41, 5.74) is 1.10. The zero-order chi connectivity index (χ0) is 21.5. The highest BCUT2D eigenvalue weighted by Gasteiger charge is 2.19. The SMILES string of the molecule is CCOCCCn1c(SC(C)C(=O)Nc2ccccc2)nc2cc(Cl)ccc2c1=O. The smallest absolute Gasteiger partial charge is 0.262 e. The molecule has 1 heterocycles. The fourth-order valence-corrected chi connectivity index (χ4v) is 4.01. The first-order chi connectivity index (χ1) is 14.5. The minimum Gasteiger partial charge on any atom is -0.382 e. The maximum atomic E-state index is 13.1. The number of hydrogen-bond acceptors (Lipinski definition) is 5. The Hall–Kier alpha value is -2.35. The number of carbonyl (C=O) groups excluding carboxylic acids is 1. The Morgan fingerprint density at radius 2 is 2.03 bits per heavy atom. The summed E-state index contributed by atoms with van der Waals surface area (Å²) < 4.78 is 7.02. The second kappa shape index (κ2) is 10.6. The van der Waals surface area contributed by atoms with Crippen LogP contribution in [0.2, 0.25) is 5.02 Å². The van der Waals surface area contributed by atoms with Gasteiger partial charge < -0.3 is 10.1 Å². The van der Waals surface area contributed by atoms with Crippen molar-refractivity contribution in [1.29, 1.82) is 0 Å². The molecule has 1 N–H and O–H groups in total. The Morgan fingerprint density at radius 3 is 2.77 bits per heavy atom. The van der Waals surface area contributed by atoms with Crippen molar-refractivity contribution in [3.63, 3.8) is 0 Å². The van der Waals surface area contributed by atoms with Gasteiger partial charge in [-0.05, 0) is 50.6 Å². The molecule has 1 atom stereocenters. The molecule has 1 unspecified atom stereocenters. The topological polar surface area (TPSA) is 73.2 Å². The molecule has 0 aliphatic rings. The standard InChI is InChI=1S/C22H24ClN3O3S/c1-3-29-13-7-12-26-21(28)18-11-10-16(23)14-19(18)25-22(26)30-15(2)20(27)24-17-8-5-4-6-9-17/h4-6,8-11,14-15H,3,7,12-13H2,1-2H3,(H,24,27). The van der Waals surface area contributed by atoms with Gasteiger partial charge in [0.15, 0.2) is 5.16 Å². The summed E-state index contributed by atoms with van der Waals surface area (Å²) in [6.07, 6.45) is 0.673. The van der Waals surface area contributed by atoms with Crippen molar-refractivity contribution in [2.24, 2.45) is 0 Å². The lowest BCUT2D eigenvalue weighted by atomic mass is 10.2. The zero-order valence-corrected chi connectivity index (χ0v) is 18.5. The van der Waals surface area contributed by atoms with E-state index in [1.165, 1.54) is 11.8 Å². The summed E-state index contributed by atoms with van der Waals surface area (Å²) in [4.78, 5) is 30.4. The third kappa shape index (κ3) is 5.62. The third-order valence-corrected chi connectivity index (χ3v) is 5.77. The lowest BCUT2D eigenvalue weighted by Crippen LogP contribution is -2.27. The maximum Gasteiger partial charge on any atom is 0.262 e. The van der Waals surface area contributed by atoms with Crippen molar-refractivity contribution in [1.82, 2.24) is 9.55 Å². The molecule has 0 spiro atoms. The van der Waals surface area contributed by atoms with Gasteiger partial charge in [0.2, 0.25) is 5.91 Å². The number of rotatable bonds is 9. The second-order valence-electron chi connectivity index (χ2n) is 6.68. The molecule has 0 fully saturated rings. The van der Waals surface area contributed by atoms with Crippen LogP contribution >= 0.6 is 23.4 Å². The summed E-state index contributed by atoms with van der Waals surface area (Å²) in [6, 6.07) is 14.3. The quantitative estimate of drug-likeness (QED) is 0.296. The van der Waals surface area contributed by atoms with Gasteiger partial charge in [-0.15, -0.1) is 0 Å². The van der Waals surface area contributed by atoms with Crippen molar-refractivity contribution >= 4 is 45.9 Å². The van der Waals surface area contributed by atoms with Crippen LogP contribution in [0.4, 0.5) is 5.69 Å². The van der Waals surface area contributed by atoms with Crippen LogP contribution in [0.25, 0.3) is 10.9 Å². The van der Waals surface area contributed by atoms with E-state index in [0.717, 1.165) is 5.69 Å². The first-order valence-electron chi connectivity index (χ1n) is 9.80. The molecule has 30 heavy (non-hydrogen) atoms.